The molecule has 0 amide bonds. The number of anilines is 1. The lowest BCUT2D eigenvalue weighted by atomic mass is 10.0. The molecule has 10 heteroatoms. The number of hydrogen-bond donors (Lipinski definition) is 2. The Morgan fingerprint density at radius 3 is 2.25 bits per heavy atom. The Kier molecular flexibility index (Phi) is 8.48. The molecule has 3 N–H and O–H groups in total. The molecule has 3 aromatic rings. The summed E-state index contributed by atoms with van der Waals surface area (Å²) in [5, 5.41) is 3.07. The highest BCUT2D eigenvalue weighted by molar-refractivity contribution is 6.11. The molecule has 0 spiro atoms. The van der Waals surface area contributed by atoms with Gasteiger partial charge in [0.15, 0.2) is 17.4 Å². The predicted octanol–water partition coefficient (Wildman–Crippen LogP) is 4.77. The first-order chi connectivity index (χ1) is 18.9. The van der Waals surface area contributed by atoms with E-state index in [0.717, 1.165) is 49.9 Å². The van der Waals surface area contributed by atoms with Crippen LogP contribution in [0.1, 0.15) is 66.6 Å². The molecule has 1 heterocycles. The van der Waals surface area contributed by atoms with Gasteiger partial charge in [-0.3, -0.25) is 19.0 Å². The van der Waals surface area contributed by atoms with E-state index >= 15 is 8.78 Å². The van der Waals surface area contributed by atoms with Gasteiger partial charge in [-0.15, -0.1) is 0 Å². The number of carbonyl (C=O) groups excluding carboxylic acids is 2. The second-order valence-electron chi connectivity index (χ2n) is 10.6. The normalized spacial score (nSPS) is 13.9. The predicted molar refractivity (Wildman–Crippen MR) is 145 cm³/mol. The van der Waals surface area contributed by atoms with Crippen molar-refractivity contribution in [2.24, 2.45) is 0 Å². The molecule has 2 aromatic carbocycles. The Morgan fingerprint density at radius 2 is 1.62 bits per heavy atom. The van der Waals surface area contributed by atoms with Crippen molar-refractivity contribution in [1.29, 1.82) is 0 Å². The SMILES string of the molecule is Cc1ccc(C(=O)c2ccc(=O)n(-c3c(F)cc(CCNC(C)(C)C(=O)OC4CCCC4)cc3F)c2N)c(F)c1. The number of carbonyl (C=O) groups is 2. The van der Waals surface area contributed by atoms with Gasteiger partial charge in [0.25, 0.3) is 5.56 Å². The van der Waals surface area contributed by atoms with E-state index in [1.165, 1.54) is 18.2 Å². The molecule has 0 radical (unpaired) electrons. The third-order valence-corrected chi connectivity index (χ3v) is 7.11. The summed E-state index contributed by atoms with van der Waals surface area (Å²) < 4.78 is 51.0. The summed E-state index contributed by atoms with van der Waals surface area (Å²) in [6.45, 7) is 5.24. The zero-order valence-corrected chi connectivity index (χ0v) is 22.7. The smallest absolute Gasteiger partial charge is 0.326 e. The van der Waals surface area contributed by atoms with E-state index < -0.39 is 45.8 Å². The second kappa shape index (κ2) is 11.7. The van der Waals surface area contributed by atoms with Crippen molar-refractivity contribution in [2.45, 2.75) is 64.5 Å². The second-order valence-corrected chi connectivity index (χ2v) is 10.6. The molecule has 0 bridgehead atoms. The highest BCUT2D eigenvalue weighted by Crippen LogP contribution is 2.26. The van der Waals surface area contributed by atoms with Gasteiger partial charge in [0.1, 0.15) is 29.0 Å². The van der Waals surface area contributed by atoms with Crippen LogP contribution in [-0.2, 0) is 16.0 Å². The van der Waals surface area contributed by atoms with Gasteiger partial charge in [-0.25, -0.2) is 13.2 Å². The van der Waals surface area contributed by atoms with Crippen LogP contribution in [0.15, 0.2) is 47.3 Å². The maximum Gasteiger partial charge on any atom is 0.326 e. The number of benzene rings is 2. The molecule has 40 heavy (non-hydrogen) atoms. The van der Waals surface area contributed by atoms with Crippen molar-refractivity contribution in [3.05, 3.63) is 92.5 Å². The minimum absolute atomic E-state index is 0.0788. The molecule has 1 aliphatic carbocycles. The fourth-order valence-electron chi connectivity index (χ4n) is 4.80. The Hall–Kier alpha value is -3.92. The number of esters is 1. The highest BCUT2D eigenvalue weighted by atomic mass is 19.1. The number of halogens is 3. The molecule has 1 fully saturated rings. The fraction of sp³-hybridized carbons (Fsp3) is 0.367. The number of hydrogen-bond acceptors (Lipinski definition) is 6. The minimum atomic E-state index is -1.07. The summed E-state index contributed by atoms with van der Waals surface area (Å²) in [7, 11) is 0. The van der Waals surface area contributed by atoms with Gasteiger partial charge in [-0.1, -0.05) is 6.07 Å². The van der Waals surface area contributed by atoms with Crippen LogP contribution >= 0.6 is 0 Å². The van der Waals surface area contributed by atoms with Crippen LogP contribution in [-0.4, -0.2) is 34.5 Å². The van der Waals surface area contributed by atoms with Crippen LogP contribution in [0.5, 0.6) is 0 Å². The molecular weight excluding hydrogens is 523 g/mol. The minimum Gasteiger partial charge on any atom is -0.461 e. The zero-order valence-electron chi connectivity index (χ0n) is 22.7. The molecule has 7 nitrogen and oxygen atoms in total. The summed E-state index contributed by atoms with van der Waals surface area (Å²) in [6.07, 6.45) is 3.85. The summed E-state index contributed by atoms with van der Waals surface area (Å²) in [5.41, 5.74) is 3.74. The number of aromatic nitrogens is 1. The van der Waals surface area contributed by atoms with Crippen LogP contribution in [0.25, 0.3) is 5.69 Å². The molecule has 212 valence electrons. The van der Waals surface area contributed by atoms with E-state index in [1.54, 1.807) is 20.8 Å². The van der Waals surface area contributed by atoms with Gasteiger partial charge < -0.3 is 15.8 Å². The molecule has 1 saturated carbocycles. The fourth-order valence-corrected chi connectivity index (χ4v) is 4.80. The lowest BCUT2D eigenvalue weighted by Crippen LogP contribution is -2.49. The van der Waals surface area contributed by atoms with Crippen molar-refractivity contribution >= 4 is 17.6 Å². The number of pyridine rings is 1. The number of ketones is 1. The maximum atomic E-state index is 15.2. The molecule has 1 aromatic heterocycles. The molecule has 0 saturated heterocycles. The number of nitrogen functional groups attached to an aromatic ring is 1. The van der Waals surface area contributed by atoms with Crippen molar-refractivity contribution in [3.63, 3.8) is 0 Å². The van der Waals surface area contributed by atoms with Crippen LogP contribution < -0.4 is 16.6 Å². The largest absolute Gasteiger partial charge is 0.461 e. The first-order valence-corrected chi connectivity index (χ1v) is 13.2. The Labute approximate surface area is 230 Å². The van der Waals surface area contributed by atoms with E-state index in [-0.39, 0.29) is 41.7 Å². The Balaban J connectivity index is 1.54. The van der Waals surface area contributed by atoms with Gasteiger partial charge in [0.2, 0.25) is 0 Å². The van der Waals surface area contributed by atoms with Crippen LogP contribution in [0.2, 0.25) is 0 Å². The van der Waals surface area contributed by atoms with Gasteiger partial charge in [-0.05, 0) is 94.3 Å². The topological polar surface area (TPSA) is 103 Å². The van der Waals surface area contributed by atoms with Gasteiger partial charge >= 0.3 is 5.97 Å². The highest BCUT2D eigenvalue weighted by Gasteiger charge is 2.32. The number of aryl methyl sites for hydroxylation is 1. The number of rotatable bonds is 9. The van der Waals surface area contributed by atoms with E-state index in [0.29, 0.717) is 10.1 Å². The van der Waals surface area contributed by atoms with Crippen molar-refractivity contribution in [1.82, 2.24) is 9.88 Å². The monoisotopic (exact) mass is 555 g/mol. The van der Waals surface area contributed by atoms with E-state index in [2.05, 4.69) is 5.32 Å². The number of nitrogens with zero attached hydrogens (tertiary/aromatic N) is 1. The Bertz CT molecular complexity index is 1490. The van der Waals surface area contributed by atoms with Crippen molar-refractivity contribution in [2.75, 3.05) is 12.3 Å². The summed E-state index contributed by atoms with van der Waals surface area (Å²) in [5.74, 6) is -4.67. The summed E-state index contributed by atoms with van der Waals surface area (Å²) >= 11 is 0. The number of nitrogens with two attached hydrogens (primary N) is 1. The third-order valence-electron chi connectivity index (χ3n) is 7.11. The first-order valence-electron chi connectivity index (χ1n) is 13.2. The van der Waals surface area contributed by atoms with Crippen molar-refractivity contribution < 1.29 is 27.5 Å². The lowest BCUT2D eigenvalue weighted by Gasteiger charge is -2.26. The molecular formula is C30H32F3N3O4. The third kappa shape index (κ3) is 6.12. The summed E-state index contributed by atoms with van der Waals surface area (Å²) in [6, 6.07) is 8.15. The molecule has 4 rings (SSSR count). The van der Waals surface area contributed by atoms with Gasteiger partial charge in [0, 0.05) is 12.6 Å². The average molecular weight is 556 g/mol. The quantitative estimate of drug-likeness (QED) is 0.291. The van der Waals surface area contributed by atoms with Gasteiger partial charge in [-0.2, -0.15) is 0 Å². The van der Waals surface area contributed by atoms with E-state index in [4.69, 9.17) is 10.5 Å². The first kappa shape index (κ1) is 29.1. The molecule has 1 aliphatic rings. The van der Waals surface area contributed by atoms with Crippen LogP contribution in [0.3, 0.4) is 0 Å². The van der Waals surface area contributed by atoms with Crippen molar-refractivity contribution in [3.8, 4) is 5.69 Å². The number of nitrogens with one attached hydrogen (secondary N) is 1. The van der Waals surface area contributed by atoms with E-state index in [9.17, 15) is 18.8 Å². The Morgan fingerprint density at radius 1 is 1.00 bits per heavy atom. The average Bonchev–Trinajstić information content (AvgIpc) is 3.38. The molecule has 0 atom stereocenters. The van der Waals surface area contributed by atoms with Crippen LogP contribution in [0.4, 0.5) is 19.0 Å². The van der Waals surface area contributed by atoms with E-state index in [1.807, 2.05) is 0 Å². The standard InChI is InChI=1S/C30H32F3N3O4/c1-17-8-9-20(22(31)14-17)27(38)21-10-11-25(37)36(28(21)34)26-23(32)15-18(16-24(26)33)12-13-35-30(2,3)29(39)40-19-6-4-5-7-19/h8-11,14-16,19,35H,4-7,12-13,34H2,1-3H3. The lowest BCUT2D eigenvalue weighted by molar-refractivity contribution is -0.155. The maximum absolute atomic E-state index is 15.2. The zero-order chi connectivity index (χ0) is 29.2. The molecule has 0 unspecified atom stereocenters. The summed E-state index contributed by atoms with van der Waals surface area (Å²) in [4.78, 5) is 38.2. The van der Waals surface area contributed by atoms with Gasteiger partial charge in [0.05, 0.1) is 11.1 Å². The molecule has 0 aliphatic heterocycles. The van der Waals surface area contributed by atoms with Crippen LogP contribution in [0, 0.1) is 24.4 Å². The number of ether oxygens (including phenoxy) is 1.